The molecule has 7 nitrogen and oxygen atoms in total. The highest BCUT2D eigenvalue weighted by molar-refractivity contribution is 7.92. The van der Waals surface area contributed by atoms with E-state index in [1.165, 1.54) is 0 Å². The fourth-order valence-electron chi connectivity index (χ4n) is 4.57. The van der Waals surface area contributed by atoms with Crippen LogP contribution in [0.2, 0.25) is 0 Å². The van der Waals surface area contributed by atoms with E-state index < -0.39 is 9.84 Å². The second-order valence-electron chi connectivity index (χ2n) is 8.74. The van der Waals surface area contributed by atoms with Gasteiger partial charge in [-0.05, 0) is 70.1 Å². The van der Waals surface area contributed by atoms with Gasteiger partial charge in [-0.1, -0.05) is 6.07 Å². The van der Waals surface area contributed by atoms with Crippen molar-refractivity contribution in [1.29, 1.82) is 0 Å². The van der Waals surface area contributed by atoms with Crippen LogP contribution >= 0.6 is 0 Å². The summed E-state index contributed by atoms with van der Waals surface area (Å²) >= 11 is 0. The molecule has 3 aromatic rings. The number of nitrogens with zero attached hydrogens (tertiary/aromatic N) is 4. The number of imidazole rings is 1. The lowest BCUT2D eigenvalue weighted by Gasteiger charge is -2.34. The van der Waals surface area contributed by atoms with Crippen molar-refractivity contribution >= 4 is 9.84 Å². The molecule has 0 bridgehead atoms. The van der Waals surface area contributed by atoms with Crippen LogP contribution in [0.25, 0.3) is 22.8 Å². The van der Waals surface area contributed by atoms with Gasteiger partial charge in [0.15, 0.2) is 9.84 Å². The van der Waals surface area contributed by atoms with Gasteiger partial charge in [0, 0.05) is 18.4 Å². The molecule has 0 N–H and O–H groups in total. The number of sulfone groups is 1. The summed E-state index contributed by atoms with van der Waals surface area (Å²) in [5.41, 5.74) is 2.27. The van der Waals surface area contributed by atoms with Crippen molar-refractivity contribution < 1.29 is 13.2 Å². The molecule has 1 fully saturated rings. The van der Waals surface area contributed by atoms with Gasteiger partial charge in [0.25, 0.3) is 0 Å². The van der Waals surface area contributed by atoms with Gasteiger partial charge in [-0.15, -0.1) is 0 Å². The van der Waals surface area contributed by atoms with E-state index in [0.29, 0.717) is 54.1 Å². The molecule has 0 amide bonds. The van der Waals surface area contributed by atoms with Gasteiger partial charge in [0.2, 0.25) is 0 Å². The SMILES string of the molecule is CC(C)N1CCC(S(=O)(=O)c2ccc3c(c2)-c2nc(-c4ccccn4)cn2CCO3)CC1. The maximum absolute atomic E-state index is 13.5. The van der Waals surface area contributed by atoms with E-state index in [9.17, 15) is 8.42 Å². The maximum Gasteiger partial charge on any atom is 0.181 e. The number of hydrogen-bond donors (Lipinski definition) is 0. The Labute approximate surface area is 189 Å². The molecule has 2 aliphatic heterocycles. The maximum atomic E-state index is 13.5. The fraction of sp³-hybridized carbons (Fsp3) is 0.417. The Bertz CT molecular complexity index is 1210. The molecule has 32 heavy (non-hydrogen) atoms. The Morgan fingerprint density at radius 2 is 1.88 bits per heavy atom. The number of piperidine rings is 1. The van der Waals surface area contributed by atoms with Crippen molar-refractivity contribution in [2.75, 3.05) is 19.7 Å². The van der Waals surface area contributed by atoms with E-state index in [4.69, 9.17) is 9.72 Å². The van der Waals surface area contributed by atoms with Crippen LogP contribution in [0.1, 0.15) is 26.7 Å². The summed E-state index contributed by atoms with van der Waals surface area (Å²) in [7, 11) is -3.44. The molecule has 0 unspecified atom stereocenters. The van der Waals surface area contributed by atoms with E-state index in [2.05, 4.69) is 23.7 Å². The lowest BCUT2D eigenvalue weighted by atomic mass is 10.1. The molecule has 0 spiro atoms. The van der Waals surface area contributed by atoms with Gasteiger partial charge in [0.1, 0.15) is 23.9 Å². The van der Waals surface area contributed by atoms with Crippen LogP contribution in [0.5, 0.6) is 5.75 Å². The topological polar surface area (TPSA) is 77.3 Å². The number of aromatic nitrogens is 3. The molecule has 4 heterocycles. The van der Waals surface area contributed by atoms with Crippen molar-refractivity contribution in [1.82, 2.24) is 19.4 Å². The Morgan fingerprint density at radius 1 is 1.06 bits per heavy atom. The lowest BCUT2D eigenvalue weighted by Crippen LogP contribution is -2.42. The third-order valence-corrected chi connectivity index (χ3v) is 8.72. The van der Waals surface area contributed by atoms with Crippen LogP contribution in [0.3, 0.4) is 0 Å². The molecule has 2 aromatic heterocycles. The molecule has 5 rings (SSSR count). The molecule has 0 saturated carbocycles. The first-order chi connectivity index (χ1) is 15.4. The van der Waals surface area contributed by atoms with Crippen LogP contribution in [-0.2, 0) is 16.4 Å². The zero-order valence-electron chi connectivity index (χ0n) is 18.4. The number of pyridine rings is 1. The zero-order valence-corrected chi connectivity index (χ0v) is 19.3. The Hall–Kier alpha value is -2.71. The average molecular weight is 453 g/mol. The van der Waals surface area contributed by atoms with Gasteiger partial charge in [-0.25, -0.2) is 13.4 Å². The Kier molecular flexibility index (Phi) is 5.51. The zero-order chi connectivity index (χ0) is 22.3. The molecular weight excluding hydrogens is 424 g/mol. The molecule has 0 atom stereocenters. The van der Waals surface area contributed by atoms with Gasteiger partial charge in [-0.3, -0.25) is 4.98 Å². The third-order valence-electron chi connectivity index (χ3n) is 6.46. The van der Waals surface area contributed by atoms with Crippen molar-refractivity contribution in [3.8, 4) is 28.5 Å². The van der Waals surface area contributed by atoms with E-state index in [0.717, 1.165) is 24.5 Å². The van der Waals surface area contributed by atoms with Gasteiger partial charge < -0.3 is 14.2 Å². The third kappa shape index (κ3) is 3.82. The van der Waals surface area contributed by atoms with Crippen molar-refractivity contribution in [3.63, 3.8) is 0 Å². The summed E-state index contributed by atoms with van der Waals surface area (Å²) in [6, 6.07) is 11.4. The van der Waals surface area contributed by atoms with E-state index in [1.807, 2.05) is 29.0 Å². The van der Waals surface area contributed by atoms with Crippen molar-refractivity contribution in [2.45, 2.75) is 49.4 Å². The number of rotatable bonds is 4. The highest BCUT2D eigenvalue weighted by Gasteiger charge is 2.33. The Morgan fingerprint density at radius 3 is 2.59 bits per heavy atom. The summed E-state index contributed by atoms with van der Waals surface area (Å²) in [6.45, 7) is 7.07. The predicted octanol–water partition coefficient (Wildman–Crippen LogP) is 3.65. The van der Waals surface area contributed by atoms with E-state index >= 15 is 0 Å². The molecule has 0 radical (unpaired) electrons. The number of fused-ring (bicyclic) bond motifs is 3. The number of benzene rings is 1. The number of ether oxygens (including phenoxy) is 1. The van der Waals surface area contributed by atoms with Crippen LogP contribution in [0.15, 0.2) is 53.7 Å². The molecule has 1 aromatic carbocycles. The molecule has 0 aliphatic carbocycles. The first-order valence-electron chi connectivity index (χ1n) is 11.2. The second-order valence-corrected chi connectivity index (χ2v) is 11.0. The lowest BCUT2D eigenvalue weighted by molar-refractivity contribution is 0.186. The van der Waals surface area contributed by atoms with E-state index in [-0.39, 0.29) is 5.25 Å². The first kappa shape index (κ1) is 21.2. The minimum atomic E-state index is -3.44. The average Bonchev–Trinajstić information content (AvgIpc) is 3.16. The normalized spacial score (nSPS) is 17.5. The number of hydrogen-bond acceptors (Lipinski definition) is 6. The highest BCUT2D eigenvalue weighted by Crippen LogP contribution is 2.37. The fourth-order valence-corrected chi connectivity index (χ4v) is 6.33. The summed E-state index contributed by atoms with van der Waals surface area (Å²) in [4.78, 5) is 11.9. The van der Waals surface area contributed by atoms with Crippen LogP contribution < -0.4 is 4.74 Å². The first-order valence-corrected chi connectivity index (χ1v) is 12.7. The standard InChI is InChI=1S/C24H28N4O3S/c1-17(2)27-11-8-18(9-12-27)32(29,30)19-6-7-23-20(15-19)24-26-22(16-28(24)13-14-31-23)21-5-3-4-10-25-21/h3-7,10,15-18H,8-9,11-14H2,1-2H3. The second kappa shape index (κ2) is 8.33. The van der Waals surface area contributed by atoms with Gasteiger partial charge >= 0.3 is 0 Å². The smallest absolute Gasteiger partial charge is 0.181 e. The largest absolute Gasteiger partial charge is 0.491 e. The summed E-state index contributed by atoms with van der Waals surface area (Å²) in [5, 5.41) is -0.355. The van der Waals surface area contributed by atoms with Crippen LogP contribution in [0.4, 0.5) is 0 Å². The molecular formula is C24H28N4O3S. The molecule has 168 valence electrons. The summed E-state index contributed by atoms with van der Waals surface area (Å²) < 4.78 is 34.9. The summed E-state index contributed by atoms with van der Waals surface area (Å²) in [6.07, 6.45) is 5.02. The minimum Gasteiger partial charge on any atom is -0.491 e. The molecule has 2 aliphatic rings. The van der Waals surface area contributed by atoms with E-state index in [1.54, 1.807) is 24.4 Å². The van der Waals surface area contributed by atoms with Crippen molar-refractivity contribution in [3.05, 3.63) is 48.8 Å². The molecule has 1 saturated heterocycles. The Balaban J connectivity index is 1.50. The number of likely N-dealkylation sites (tertiary alicyclic amines) is 1. The van der Waals surface area contributed by atoms with Crippen LogP contribution in [0, 0.1) is 0 Å². The predicted molar refractivity (Wildman–Crippen MR) is 123 cm³/mol. The molecule has 8 heteroatoms. The quantitative estimate of drug-likeness (QED) is 0.601. The van der Waals surface area contributed by atoms with Gasteiger partial charge in [0.05, 0.1) is 27.9 Å². The highest BCUT2D eigenvalue weighted by atomic mass is 32.2. The monoisotopic (exact) mass is 452 g/mol. The van der Waals surface area contributed by atoms with Crippen LogP contribution in [-0.4, -0.2) is 58.8 Å². The van der Waals surface area contributed by atoms with Gasteiger partial charge in [-0.2, -0.15) is 0 Å². The minimum absolute atomic E-state index is 0.346. The summed E-state index contributed by atoms with van der Waals surface area (Å²) in [5.74, 6) is 1.38. The van der Waals surface area contributed by atoms with Crippen molar-refractivity contribution in [2.24, 2.45) is 0 Å².